The summed E-state index contributed by atoms with van der Waals surface area (Å²) in [4.78, 5) is 25.2. The van der Waals surface area contributed by atoms with Crippen LogP contribution in [0.2, 0.25) is 0 Å². The van der Waals surface area contributed by atoms with Gasteiger partial charge in [0, 0.05) is 6.54 Å². The molecule has 1 heterocycles. The molecule has 5 nitrogen and oxygen atoms in total. The minimum absolute atomic E-state index is 0.0914. The van der Waals surface area contributed by atoms with Gasteiger partial charge in [0.25, 0.3) is 0 Å². The number of aliphatic hydroxyl groups is 1. The van der Waals surface area contributed by atoms with Gasteiger partial charge in [-0.3, -0.25) is 9.69 Å². The Morgan fingerprint density at radius 2 is 2.15 bits per heavy atom. The average Bonchev–Trinajstić information content (AvgIpc) is 2.31. The number of β-amino-alcohol motifs (C(OH)–C–C–N with tert-alkyl or cyclic N) is 1. The van der Waals surface area contributed by atoms with Crippen molar-refractivity contribution in [3.8, 4) is 0 Å². The SMILES string of the molecule is CCN1CC(=O)N(C[C@H](C)O)C1=O. The van der Waals surface area contributed by atoms with Crippen molar-refractivity contribution in [1.82, 2.24) is 9.80 Å². The highest BCUT2D eigenvalue weighted by atomic mass is 16.3. The Hall–Kier alpha value is -1.10. The highest BCUT2D eigenvalue weighted by Crippen LogP contribution is 2.09. The van der Waals surface area contributed by atoms with E-state index < -0.39 is 6.10 Å². The second kappa shape index (κ2) is 3.74. The molecule has 0 radical (unpaired) electrons. The van der Waals surface area contributed by atoms with Gasteiger partial charge in [-0.2, -0.15) is 0 Å². The van der Waals surface area contributed by atoms with Gasteiger partial charge in [0.1, 0.15) is 6.54 Å². The zero-order valence-electron chi connectivity index (χ0n) is 7.86. The predicted molar refractivity (Wildman–Crippen MR) is 46.0 cm³/mol. The first-order valence-corrected chi connectivity index (χ1v) is 4.33. The molecule has 1 aliphatic heterocycles. The molecule has 13 heavy (non-hydrogen) atoms. The molecule has 0 aromatic heterocycles. The number of carbonyl (C=O) groups is 2. The third-order valence-electron chi connectivity index (χ3n) is 1.96. The van der Waals surface area contributed by atoms with E-state index in [-0.39, 0.29) is 25.0 Å². The van der Waals surface area contributed by atoms with Crippen LogP contribution < -0.4 is 0 Å². The van der Waals surface area contributed by atoms with E-state index in [2.05, 4.69) is 0 Å². The molecule has 74 valence electrons. The number of nitrogens with zero attached hydrogens (tertiary/aromatic N) is 2. The van der Waals surface area contributed by atoms with Gasteiger partial charge in [-0.25, -0.2) is 4.79 Å². The van der Waals surface area contributed by atoms with E-state index in [0.29, 0.717) is 6.54 Å². The molecule has 0 unspecified atom stereocenters. The summed E-state index contributed by atoms with van der Waals surface area (Å²) >= 11 is 0. The Morgan fingerprint density at radius 3 is 2.54 bits per heavy atom. The molecule has 1 saturated heterocycles. The van der Waals surface area contributed by atoms with E-state index >= 15 is 0 Å². The van der Waals surface area contributed by atoms with Crippen LogP contribution in [0.5, 0.6) is 0 Å². The Kier molecular flexibility index (Phi) is 2.87. The van der Waals surface area contributed by atoms with Crippen molar-refractivity contribution in [2.24, 2.45) is 0 Å². The molecule has 5 heteroatoms. The molecule has 1 N–H and O–H groups in total. The molecular formula is C8H14N2O3. The molecule has 1 aliphatic rings. The Balaban J connectivity index is 2.65. The second-order valence-corrected chi connectivity index (χ2v) is 3.15. The molecule has 0 aliphatic carbocycles. The number of imide groups is 1. The van der Waals surface area contributed by atoms with E-state index in [4.69, 9.17) is 5.11 Å². The van der Waals surface area contributed by atoms with Crippen molar-refractivity contribution >= 4 is 11.9 Å². The molecule has 1 rings (SSSR count). The summed E-state index contributed by atoms with van der Waals surface area (Å²) in [6, 6.07) is -0.298. The van der Waals surface area contributed by atoms with Crippen LogP contribution in [0.3, 0.4) is 0 Å². The molecule has 1 fully saturated rings. The summed E-state index contributed by atoms with van der Waals surface area (Å²) in [5.74, 6) is -0.229. The molecule has 0 saturated carbocycles. The van der Waals surface area contributed by atoms with Gasteiger partial charge in [0.15, 0.2) is 0 Å². The van der Waals surface area contributed by atoms with Gasteiger partial charge >= 0.3 is 6.03 Å². The van der Waals surface area contributed by atoms with Crippen LogP contribution in [0.1, 0.15) is 13.8 Å². The lowest BCUT2D eigenvalue weighted by Crippen LogP contribution is -2.37. The van der Waals surface area contributed by atoms with Gasteiger partial charge < -0.3 is 10.0 Å². The number of aliphatic hydroxyl groups excluding tert-OH is 1. The Bertz CT molecular complexity index is 227. The standard InChI is InChI=1S/C8H14N2O3/c1-3-9-5-7(12)10(8(9)13)4-6(2)11/h6,11H,3-5H2,1-2H3/t6-/m0/s1. The smallest absolute Gasteiger partial charge is 0.327 e. The van der Waals surface area contributed by atoms with Crippen molar-refractivity contribution in [3.63, 3.8) is 0 Å². The molecule has 3 amide bonds. The number of hydrogen-bond acceptors (Lipinski definition) is 3. The van der Waals surface area contributed by atoms with Crippen LogP contribution in [-0.2, 0) is 4.79 Å². The van der Waals surface area contributed by atoms with Gasteiger partial charge in [0.2, 0.25) is 5.91 Å². The summed E-state index contributed by atoms with van der Waals surface area (Å²) in [5.41, 5.74) is 0. The van der Waals surface area contributed by atoms with Crippen molar-refractivity contribution in [2.75, 3.05) is 19.6 Å². The first-order valence-electron chi connectivity index (χ1n) is 4.33. The summed E-state index contributed by atoms with van der Waals surface area (Å²) in [6.07, 6.45) is -0.662. The quantitative estimate of drug-likeness (QED) is 0.613. The average molecular weight is 186 g/mol. The summed E-state index contributed by atoms with van der Waals surface area (Å²) < 4.78 is 0. The largest absolute Gasteiger partial charge is 0.392 e. The zero-order valence-corrected chi connectivity index (χ0v) is 7.86. The minimum atomic E-state index is -0.662. The molecule has 0 spiro atoms. The Labute approximate surface area is 76.9 Å². The van der Waals surface area contributed by atoms with Crippen LogP contribution >= 0.6 is 0 Å². The fourth-order valence-electron chi connectivity index (χ4n) is 1.28. The van der Waals surface area contributed by atoms with Crippen molar-refractivity contribution < 1.29 is 14.7 Å². The molecule has 0 aromatic rings. The second-order valence-electron chi connectivity index (χ2n) is 3.15. The normalized spacial score (nSPS) is 19.9. The van der Waals surface area contributed by atoms with Crippen LogP contribution in [-0.4, -0.2) is 52.6 Å². The number of likely N-dealkylation sites (N-methyl/N-ethyl adjacent to an activating group) is 1. The van der Waals surface area contributed by atoms with Crippen molar-refractivity contribution in [1.29, 1.82) is 0 Å². The van der Waals surface area contributed by atoms with E-state index in [0.717, 1.165) is 4.90 Å². The molecule has 0 bridgehead atoms. The summed E-state index contributed by atoms with van der Waals surface area (Å²) in [5, 5.41) is 9.04. The fraction of sp³-hybridized carbons (Fsp3) is 0.750. The number of rotatable bonds is 3. The first kappa shape index (κ1) is 9.98. The highest BCUT2D eigenvalue weighted by molar-refractivity contribution is 6.01. The van der Waals surface area contributed by atoms with Crippen LogP contribution in [0.4, 0.5) is 4.79 Å². The van der Waals surface area contributed by atoms with Gasteiger partial charge in [0.05, 0.1) is 12.6 Å². The number of urea groups is 1. The van der Waals surface area contributed by atoms with Crippen LogP contribution in [0.25, 0.3) is 0 Å². The minimum Gasteiger partial charge on any atom is -0.392 e. The fourth-order valence-corrected chi connectivity index (χ4v) is 1.28. The van der Waals surface area contributed by atoms with E-state index in [1.807, 2.05) is 6.92 Å². The number of carbonyl (C=O) groups excluding carboxylic acids is 2. The summed E-state index contributed by atoms with van der Waals surface area (Å²) in [7, 11) is 0. The number of hydrogen-bond donors (Lipinski definition) is 1. The predicted octanol–water partition coefficient (Wildman–Crippen LogP) is -0.349. The first-order chi connectivity index (χ1) is 6.06. The van der Waals surface area contributed by atoms with Crippen LogP contribution in [0.15, 0.2) is 0 Å². The lowest BCUT2D eigenvalue weighted by Gasteiger charge is -2.16. The van der Waals surface area contributed by atoms with Crippen molar-refractivity contribution in [3.05, 3.63) is 0 Å². The van der Waals surface area contributed by atoms with Gasteiger partial charge in [-0.1, -0.05) is 0 Å². The Morgan fingerprint density at radius 1 is 1.54 bits per heavy atom. The van der Waals surface area contributed by atoms with Crippen LogP contribution in [0, 0.1) is 0 Å². The lowest BCUT2D eigenvalue weighted by molar-refractivity contribution is -0.126. The topological polar surface area (TPSA) is 60.9 Å². The van der Waals surface area contributed by atoms with Crippen molar-refractivity contribution in [2.45, 2.75) is 20.0 Å². The van der Waals surface area contributed by atoms with E-state index in [9.17, 15) is 9.59 Å². The van der Waals surface area contributed by atoms with E-state index in [1.165, 1.54) is 4.90 Å². The summed E-state index contributed by atoms with van der Waals surface area (Å²) in [6.45, 7) is 4.13. The number of amides is 3. The lowest BCUT2D eigenvalue weighted by atomic mass is 10.4. The molecule has 1 atom stereocenters. The molecule has 0 aromatic carbocycles. The van der Waals surface area contributed by atoms with Gasteiger partial charge in [-0.05, 0) is 13.8 Å². The third kappa shape index (κ3) is 1.98. The van der Waals surface area contributed by atoms with Gasteiger partial charge in [-0.15, -0.1) is 0 Å². The highest BCUT2D eigenvalue weighted by Gasteiger charge is 2.35. The van der Waals surface area contributed by atoms with E-state index in [1.54, 1.807) is 6.92 Å². The maximum atomic E-state index is 11.4. The zero-order chi connectivity index (χ0) is 10.0. The maximum absolute atomic E-state index is 11.4. The maximum Gasteiger partial charge on any atom is 0.327 e. The third-order valence-corrected chi connectivity index (χ3v) is 1.96. The molecular weight excluding hydrogens is 172 g/mol. The monoisotopic (exact) mass is 186 g/mol.